The van der Waals surface area contributed by atoms with Gasteiger partial charge in [0, 0.05) is 23.1 Å². The number of thiophene rings is 1. The first-order valence-corrected chi connectivity index (χ1v) is 8.92. The quantitative estimate of drug-likeness (QED) is 0.580. The molecule has 1 N–H and O–H groups in total. The molecule has 1 amide bonds. The Hall–Kier alpha value is -3.07. The molecule has 0 aromatic carbocycles. The van der Waals surface area contributed by atoms with Crippen molar-refractivity contribution < 1.29 is 9.32 Å². The molecule has 0 radical (unpaired) electrons. The average Bonchev–Trinajstić information content (AvgIpc) is 3.34. The van der Waals surface area contributed by atoms with E-state index in [1.807, 2.05) is 37.4 Å². The summed E-state index contributed by atoms with van der Waals surface area (Å²) >= 11 is 1.64. The molecule has 0 unspecified atom stereocenters. The Bertz CT molecular complexity index is 1070. The highest BCUT2D eigenvalue weighted by molar-refractivity contribution is 7.09. The van der Waals surface area contributed by atoms with Crippen LogP contribution < -0.4 is 5.32 Å². The molecule has 0 saturated carbocycles. The second-order valence-electron chi connectivity index (χ2n) is 5.88. The van der Waals surface area contributed by atoms with Gasteiger partial charge in [0.05, 0.1) is 12.2 Å². The van der Waals surface area contributed by atoms with Crippen LogP contribution in [0, 0.1) is 13.8 Å². The van der Waals surface area contributed by atoms with Crippen molar-refractivity contribution in [2.75, 3.05) is 0 Å². The summed E-state index contributed by atoms with van der Waals surface area (Å²) in [5, 5.41) is 13.0. The molecule has 132 valence electrons. The fourth-order valence-electron chi connectivity index (χ4n) is 2.61. The Kier molecular flexibility index (Phi) is 4.21. The van der Waals surface area contributed by atoms with Gasteiger partial charge < -0.3 is 9.84 Å². The number of amides is 1. The zero-order valence-corrected chi connectivity index (χ0v) is 15.1. The third-order valence-corrected chi connectivity index (χ3v) is 4.66. The van der Waals surface area contributed by atoms with Crippen LogP contribution in [0.1, 0.15) is 38.5 Å². The van der Waals surface area contributed by atoms with E-state index in [0.29, 0.717) is 29.5 Å². The maximum Gasteiger partial charge on any atom is 0.270 e. The molecule has 0 saturated heterocycles. The topological polar surface area (TPSA) is 98.2 Å². The van der Waals surface area contributed by atoms with Gasteiger partial charge in [-0.2, -0.15) is 10.1 Å². The van der Waals surface area contributed by atoms with Crippen molar-refractivity contribution in [1.29, 1.82) is 0 Å². The first-order chi connectivity index (χ1) is 12.6. The van der Waals surface area contributed by atoms with E-state index in [1.54, 1.807) is 21.9 Å². The van der Waals surface area contributed by atoms with Crippen LogP contribution in [0.2, 0.25) is 0 Å². The van der Waals surface area contributed by atoms with Gasteiger partial charge in [0.15, 0.2) is 11.5 Å². The SMILES string of the molecule is Cc1cc2nc(C(=O)NCc3nc(Cc4cccs4)no3)cc(C)n2n1. The smallest absolute Gasteiger partial charge is 0.270 e. The fraction of sp³-hybridized carbons (Fsp3) is 0.235. The summed E-state index contributed by atoms with van der Waals surface area (Å²) in [5.74, 6) is 0.664. The number of carbonyl (C=O) groups is 1. The van der Waals surface area contributed by atoms with Gasteiger partial charge in [0.2, 0.25) is 5.89 Å². The van der Waals surface area contributed by atoms with E-state index in [9.17, 15) is 4.79 Å². The Balaban J connectivity index is 1.43. The number of fused-ring (bicyclic) bond motifs is 1. The summed E-state index contributed by atoms with van der Waals surface area (Å²) in [6, 6.07) is 7.53. The highest BCUT2D eigenvalue weighted by Crippen LogP contribution is 2.13. The zero-order chi connectivity index (χ0) is 18.1. The largest absolute Gasteiger partial charge is 0.342 e. The van der Waals surface area contributed by atoms with E-state index in [2.05, 4.69) is 25.5 Å². The van der Waals surface area contributed by atoms with Crippen LogP contribution in [-0.4, -0.2) is 30.6 Å². The number of aromatic nitrogens is 5. The average molecular weight is 368 g/mol. The molecule has 4 aromatic heterocycles. The number of nitrogens with zero attached hydrogens (tertiary/aromatic N) is 5. The van der Waals surface area contributed by atoms with Crippen molar-refractivity contribution in [3.05, 3.63) is 63.3 Å². The molecule has 0 aliphatic rings. The van der Waals surface area contributed by atoms with Gasteiger partial charge >= 0.3 is 0 Å². The van der Waals surface area contributed by atoms with Crippen molar-refractivity contribution in [2.24, 2.45) is 0 Å². The lowest BCUT2D eigenvalue weighted by molar-refractivity contribution is 0.0941. The highest BCUT2D eigenvalue weighted by atomic mass is 32.1. The number of carbonyl (C=O) groups excluding carboxylic acids is 1. The van der Waals surface area contributed by atoms with Crippen LogP contribution in [0.5, 0.6) is 0 Å². The van der Waals surface area contributed by atoms with Crippen molar-refractivity contribution in [1.82, 2.24) is 30.1 Å². The maximum absolute atomic E-state index is 12.4. The van der Waals surface area contributed by atoms with E-state index >= 15 is 0 Å². The molecule has 4 rings (SSSR count). The molecule has 0 bridgehead atoms. The molecular formula is C17H16N6O2S. The summed E-state index contributed by atoms with van der Waals surface area (Å²) in [7, 11) is 0. The number of hydrogen-bond donors (Lipinski definition) is 1. The molecule has 0 atom stereocenters. The van der Waals surface area contributed by atoms with Gasteiger partial charge in [0.1, 0.15) is 5.69 Å². The van der Waals surface area contributed by atoms with E-state index in [1.165, 1.54) is 0 Å². The van der Waals surface area contributed by atoms with Gasteiger partial charge in [-0.1, -0.05) is 11.2 Å². The van der Waals surface area contributed by atoms with Gasteiger partial charge in [-0.3, -0.25) is 4.79 Å². The summed E-state index contributed by atoms with van der Waals surface area (Å²) in [6.45, 7) is 3.92. The summed E-state index contributed by atoms with van der Waals surface area (Å²) in [4.78, 5) is 22.2. The molecular weight excluding hydrogens is 352 g/mol. The monoisotopic (exact) mass is 368 g/mol. The molecule has 8 nitrogen and oxygen atoms in total. The predicted molar refractivity (Wildman–Crippen MR) is 95.1 cm³/mol. The lowest BCUT2D eigenvalue weighted by atomic mass is 10.3. The molecule has 4 heterocycles. The Morgan fingerprint density at radius 2 is 2.19 bits per heavy atom. The molecule has 0 aliphatic heterocycles. The third-order valence-electron chi connectivity index (χ3n) is 3.78. The standard InChI is InChI=1S/C17H16N6O2S/c1-10-6-15-19-13(7-11(2)23(15)21-10)17(24)18-9-16-20-14(22-25-16)8-12-4-3-5-26-12/h3-7H,8-9H2,1-2H3,(H,18,24). The van der Waals surface area contributed by atoms with Gasteiger partial charge in [0.25, 0.3) is 5.91 Å². The van der Waals surface area contributed by atoms with Crippen LogP contribution in [0.3, 0.4) is 0 Å². The number of hydrogen-bond acceptors (Lipinski definition) is 7. The van der Waals surface area contributed by atoms with Crippen molar-refractivity contribution in [2.45, 2.75) is 26.8 Å². The maximum atomic E-state index is 12.4. The fourth-order valence-corrected chi connectivity index (χ4v) is 3.31. The molecule has 0 spiro atoms. The Labute approximate surface area is 152 Å². The third kappa shape index (κ3) is 3.33. The van der Waals surface area contributed by atoms with Crippen molar-refractivity contribution >= 4 is 22.9 Å². The lowest BCUT2D eigenvalue weighted by Gasteiger charge is -2.04. The van der Waals surface area contributed by atoms with Crippen LogP contribution in [0.15, 0.2) is 34.2 Å². The molecule has 9 heteroatoms. The molecule has 4 aromatic rings. The van der Waals surface area contributed by atoms with Crippen molar-refractivity contribution in [3.8, 4) is 0 Å². The second-order valence-corrected chi connectivity index (χ2v) is 6.91. The number of rotatable bonds is 5. The first-order valence-electron chi connectivity index (χ1n) is 8.04. The lowest BCUT2D eigenvalue weighted by Crippen LogP contribution is -2.24. The predicted octanol–water partition coefficient (Wildman–Crippen LogP) is 2.31. The van der Waals surface area contributed by atoms with Gasteiger partial charge in [-0.15, -0.1) is 11.3 Å². The van der Waals surface area contributed by atoms with E-state index < -0.39 is 0 Å². The van der Waals surface area contributed by atoms with Crippen LogP contribution in [0.4, 0.5) is 0 Å². The zero-order valence-electron chi connectivity index (χ0n) is 14.3. The molecule has 0 aliphatic carbocycles. The Morgan fingerprint density at radius 3 is 3.00 bits per heavy atom. The normalized spacial score (nSPS) is 11.2. The second kappa shape index (κ2) is 6.68. The summed E-state index contributed by atoms with van der Waals surface area (Å²) in [6.07, 6.45) is 0.618. The highest BCUT2D eigenvalue weighted by Gasteiger charge is 2.14. The van der Waals surface area contributed by atoms with Crippen LogP contribution in [-0.2, 0) is 13.0 Å². The number of aryl methyl sites for hydroxylation is 2. The number of nitrogens with one attached hydrogen (secondary N) is 1. The summed E-state index contributed by atoms with van der Waals surface area (Å²) < 4.78 is 6.90. The minimum Gasteiger partial charge on any atom is -0.342 e. The minimum absolute atomic E-state index is 0.153. The minimum atomic E-state index is -0.299. The first kappa shape index (κ1) is 16.4. The van der Waals surface area contributed by atoms with Crippen LogP contribution >= 0.6 is 11.3 Å². The summed E-state index contributed by atoms with van der Waals surface area (Å²) in [5.41, 5.74) is 2.66. The van der Waals surface area contributed by atoms with Gasteiger partial charge in [-0.05, 0) is 31.4 Å². The molecule has 0 fully saturated rings. The molecule has 26 heavy (non-hydrogen) atoms. The van der Waals surface area contributed by atoms with E-state index in [-0.39, 0.29) is 12.5 Å². The van der Waals surface area contributed by atoms with Crippen LogP contribution in [0.25, 0.3) is 5.65 Å². The van der Waals surface area contributed by atoms with Gasteiger partial charge in [-0.25, -0.2) is 9.50 Å². The van der Waals surface area contributed by atoms with E-state index in [0.717, 1.165) is 16.3 Å². The van der Waals surface area contributed by atoms with Crippen molar-refractivity contribution in [3.63, 3.8) is 0 Å². The van der Waals surface area contributed by atoms with E-state index in [4.69, 9.17) is 4.52 Å². The Morgan fingerprint density at radius 1 is 1.31 bits per heavy atom.